The van der Waals surface area contributed by atoms with Crippen molar-refractivity contribution in [1.82, 2.24) is 0 Å². The van der Waals surface area contributed by atoms with Crippen molar-refractivity contribution in [1.29, 1.82) is 0 Å². The van der Waals surface area contributed by atoms with E-state index in [9.17, 15) is 0 Å². The SMILES string of the molecule is C=Cc1ccc(CSCC(C)CCCCC)cc1. The van der Waals surface area contributed by atoms with E-state index in [0.717, 1.165) is 11.7 Å². The number of unbranched alkanes of at least 4 members (excludes halogenated alkanes) is 2. The molecule has 1 unspecified atom stereocenters. The molecule has 0 nitrogen and oxygen atoms in total. The highest BCUT2D eigenvalue weighted by molar-refractivity contribution is 7.98. The standard InChI is InChI=1S/C17H26S/c1-4-6-7-8-15(3)13-18-14-17-11-9-16(5-2)10-12-17/h5,9-12,15H,2,4,6-8,13-14H2,1,3H3. The van der Waals surface area contributed by atoms with Crippen molar-refractivity contribution >= 4 is 17.8 Å². The molecular weight excluding hydrogens is 236 g/mol. The van der Waals surface area contributed by atoms with Crippen LogP contribution in [-0.4, -0.2) is 5.75 Å². The fraction of sp³-hybridized carbons (Fsp3) is 0.529. The molecule has 1 aromatic carbocycles. The van der Waals surface area contributed by atoms with Crippen LogP contribution in [0.5, 0.6) is 0 Å². The Morgan fingerprint density at radius 2 is 1.94 bits per heavy atom. The minimum Gasteiger partial charge on any atom is -0.157 e. The van der Waals surface area contributed by atoms with Crippen LogP contribution in [0.3, 0.4) is 0 Å². The summed E-state index contributed by atoms with van der Waals surface area (Å²) in [4.78, 5) is 0. The van der Waals surface area contributed by atoms with Crippen LogP contribution in [0.25, 0.3) is 6.08 Å². The molecule has 0 N–H and O–H groups in total. The molecule has 0 aliphatic rings. The second-order valence-corrected chi connectivity index (χ2v) is 6.09. The Morgan fingerprint density at radius 1 is 1.22 bits per heavy atom. The molecule has 0 radical (unpaired) electrons. The fourth-order valence-corrected chi connectivity index (χ4v) is 3.07. The van der Waals surface area contributed by atoms with E-state index in [4.69, 9.17) is 0 Å². The molecule has 0 saturated heterocycles. The largest absolute Gasteiger partial charge is 0.157 e. The van der Waals surface area contributed by atoms with Gasteiger partial charge < -0.3 is 0 Å². The summed E-state index contributed by atoms with van der Waals surface area (Å²) >= 11 is 2.06. The topological polar surface area (TPSA) is 0 Å². The summed E-state index contributed by atoms with van der Waals surface area (Å²) in [5, 5.41) is 0. The van der Waals surface area contributed by atoms with Gasteiger partial charge in [-0.3, -0.25) is 0 Å². The molecule has 18 heavy (non-hydrogen) atoms. The average molecular weight is 262 g/mol. The summed E-state index contributed by atoms with van der Waals surface area (Å²) in [6.45, 7) is 8.42. The highest BCUT2D eigenvalue weighted by Gasteiger charge is 2.02. The van der Waals surface area contributed by atoms with Gasteiger partial charge in [0.25, 0.3) is 0 Å². The molecule has 0 aromatic heterocycles. The molecule has 0 spiro atoms. The summed E-state index contributed by atoms with van der Waals surface area (Å²) in [5.74, 6) is 3.27. The first kappa shape index (κ1) is 15.4. The third-order valence-electron chi connectivity index (χ3n) is 3.19. The van der Waals surface area contributed by atoms with E-state index >= 15 is 0 Å². The molecule has 0 aliphatic carbocycles. The minimum absolute atomic E-state index is 0.856. The Morgan fingerprint density at radius 3 is 2.56 bits per heavy atom. The third kappa shape index (κ3) is 6.30. The summed E-state index contributed by atoms with van der Waals surface area (Å²) in [5.41, 5.74) is 2.63. The highest BCUT2D eigenvalue weighted by Crippen LogP contribution is 2.19. The second kappa shape index (κ2) is 9.27. The quantitative estimate of drug-likeness (QED) is 0.508. The lowest BCUT2D eigenvalue weighted by molar-refractivity contribution is 0.541. The van der Waals surface area contributed by atoms with E-state index < -0.39 is 0 Å². The van der Waals surface area contributed by atoms with Gasteiger partial charge in [-0.2, -0.15) is 11.8 Å². The average Bonchev–Trinajstić information content (AvgIpc) is 2.40. The number of rotatable bonds is 9. The number of hydrogen-bond acceptors (Lipinski definition) is 1. The van der Waals surface area contributed by atoms with Crippen LogP contribution in [0.15, 0.2) is 30.8 Å². The Hall–Kier alpha value is -0.690. The lowest BCUT2D eigenvalue weighted by Crippen LogP contribution is -1.98. The van der Waals surface area contributed by atoms with Gasteiger partial charge in [0, 0.05) is 5.75 Å². The first-order chi connectivity index (χ1) is 8.76. The van der Waals surface area contributed by atoms with Gasteiger partial charge in [-0.1, -0.05) is 70.0 Å². The first-order valence-electron chi connectivity index (χ1n) is 7.05. The third-order valence-corrected chi connectivity index (χ3v) is 4.53. The molecule has 0 aliphatic heterocycles. The van der Waals surface area contributed by atoms with Crippen LogP contribution in [0.1, 0.15) is 50.7 Å². The Balaban J connectivity index is 2.18. The summed E-state index contributed by atoms with van der Waals surface area (Å²) in [6.07, 6.45) is 7.39. The number of benzene rings is 1. The highest BCUT2D eigenvalue weighted by atomic mass is 32.2. The monoisotopic (exact) mass is 262 g/mol. The maximum atomic E-state index is 3.78. The molecule has 0 heterocycles. The predicted octanol–water partition coefficient (Wildman–Crippen LogP) is 5.78. The van der Waals surface area contributed by atoms with Crippen LogP contribution in [-0.2, 0) is 5.75 Å². The van der Waals surface area contributed by atoms with E-state index in [-0.39, 0.29) is 0 Å². The van der Waals surface area contributed by atoms with Crippen molar-refractivity contribution in [3.63, 3.8) is 0 Å². The van der Waals surface area contributed by atoms with Crippen LogP contribution >= 0.6 is 11.8 Å². The lowest BCUT2D eigenvalue weighted by Gasteiger charge is -2.10. The van der Waals surface area contributed by atoms with E-state index in [1.807, 2.05) is 6.08 Å². The van der Waals surface area contributed by atoms with Gasteiger partial charge in [-0.15, -0.1) is 0 Å². The van der Waals surface area contributed by atoms with Gasteiger partial charge in [0.2, 0.25) is 0 Å². The first-order valence-corrected chi connectivity index (χ1v) is 8.20. The van der Waals surface area contributed by atoms with Crippen molar-refractivity contribution in [2.45, 2.75) is 45.3 Å². The Bertz CT molecular complexity index is 326. The van der Waals surface area contributed by atoms with E-state index in [0.29, 0.717) is 0 Å². The summed E-state index contributed by atoms with van der Waals surface area (Å²) in [7, 11) is 0. The Labute approximate surface area is 117 Å². The second-order valence-electron chi connectivity index (χ2n) is 5.06. The summed E-state index contributed by atoms with van der Waals surface area (Å²) in [6, 6.07) is 8.72. The zero-order chi connectivity index (χ0) is 13.2. The van der Waals surface area contributed by atoms with Crippen LogP contribution in [0.2, 0.25) is 0 Å². The molecule has 1 rings (SSSR count). The van der Waals surface area contributed by atoms with Gasteiger partial charge in [0.15, 0.2) is 0 Å². The minimum atomic E-state index is 0.856. The zero-order valence-electron chi connectivity index (χ0n) is 11.8. The van der Waals surface area contributed by atoms with E-state index in [1.54, 1.807) is 0 Å². The van der Waals surface area contributed by atoms with E-state index in [2.05, 4.69) is 56.5 Å². The van der Waals surface area contributed by atoms with Gasteiger partial charge >= 0.3 is 0 Å². The molecular formula is C17H26S. The van der Waals surface area contributed by atoms with Crippen molar-refractivity contribution in [2.75, 3.05) is 5.75 Å². The van der Waals surface area contributed by atoms with Crippen molar-refractivity contribution in [3.05, 3.63) is 42.0 Å². The van der Waals surface area contributed by atoms with Crippen LogP contribution in [0.4, 0.5) is 0 Å². The van der Waals surface area contributed by atoms with Gasteiger partial charge in [0.1, 0.15) is 0 Å². The van der Waals surface area contributed by atoms with Crippen LogP contribution < -0.4 is 0 Å². The van der Waals surface area contributed by atoms with Gasteiger partial charge in [-0.25, -0.2) is 0 Å². The molecule has 1 atom stereocenters. The maximum Gasteiger partial charge on any atom is 0.0184 e. The maximum absolute atomic E-state index is 3.78. The zero-order valence-corrected chi connectivity index (χ0v) is 12.6. The number of hydrogen-bond donors (Lipinski definition) is 0. The molecule has 0 fully saturated rings. The van der Waals surface area contributed by atoms with Gasteiger partial charge in [-0.05, 0) is 29.2 Å². The van der Waals surface area contributed by atoms with Crippen molar-refractivity contribution in [3.8, 4) is 0 Å². The molecule has 0 amide bonds. The fourth-order valence-electron chi connectivity index (χ4n) is 1.95. The summed E-state index contributed by atoms with van der Waals surface area (Å²) < 4.78 is 0. The molecule has 1 aromatic rings. The molecule has 0 saturated carbocycles. The van der Waals surface area contributed by atoms with Crippen molar-refractivity contribution < 1.29 is 0 Å². The molecule has 0 bridgehead atoms. The molecule has 100 valence electrons. The Kier molecular flexibility index (Phi) is 7.91. The van der Waals surface area contributed by atoms with Crippen LogP contribution in [0, 0.1) is 5.92 Å². The predicted molar refractivity (Wildman–Crippen MR) is 86.0 cm³/mol. The van der Waals surface area contributed by atoms with Crippen molar-refractivity contribution in [2.24, 2.45) is 5.92 Å². The lowest BCUT2D eigenvalue weighted by atomic mass is 10.1. The van der Waals surface area contributed by atoms with Gasteiger partial charge in [0.05, 0.1) is 0 Å². The van der Waals surface area contributed by atoms with E-state index in [1.165, 1.54) is 42.6 Å². The smallest absolute Gasteiger partial charge is 0.0184 e. The molecule has 1 heteroatoms. The normalized spacial score (nSPS) is 12.3. The number of thioether (sulfide) groups is 1.